The molecule has 0 aliphatic carbocycles. The number of carbonyl (C=O) groups is 1. The average molecular weight is 344 g/mol. The van der Waals surface area contributed by atoms with Gasteiger partial charge in [-0.25, -0.2) is 0 Å². The zero-order valence-corrected chi connectivity index (χ0v) is 14.7. The predicted octanol–water partition coefficient (Wildman–Crippen LogP) is 2.24. The van der Waals surface area contributed by atoms with Gasteiger partial charge in [0, 0.05) is 31.1 Å². The van der Waals surface area contributed by atoms with Gasteiger partial charge in [0.1, 0.15) is 5.75 Å². The van der Waals surface area contributed by atoms with E-state index in [9.17, 15) is 4.79 Å². The molecule has 7 heteroatoms. The highest BCUT2D eigenvalue weighted by Gasteiger charge is 2.22. The van der Waals surface area contributed by atoms with E-state index in [2.05, 4.69) is 20.4 Å². The van der Waals surface area contributed by atoms with Crippen LogP contribution < -0.4 is 10.1 Å². The van der Waals surface area contributed by atoms with Gasteiger partial charge in [-0.3, -0.25) is 9.69 Å². The fourth-order valence-corrected chi connectivity index (χ4v) is 2.95. The molecule has 1 aromatic heterocycles. The highest BCUT2D eigenvalue weighted by atomic mass is 16.5. The number of amides is 1. The van der Waals surface area contributed by atoms with E-state index in [1.807, 2.05) is 31.2 Å². The maximum atomic E-state index is 11.5. The second-order valence-electron chi connectivity index (χ2n) is 6.22. The molecule has 1 N–H and O–H groups in total. The first-order valence-electron chi connectivity index (χ1n) is 8.66. The molecule has 3 rings (SSSR count). The summed E-state index contributed by atoms with van der Waals surface area (Å²) in [5.41, 5.74) is 0.871. The highest BCUT2D eigenvalue weighted by molar-refractivity contribution is 5.75. The predicted molar refractivity (Wildman–Crippen MR) is 93.0 cm³/mol. The molecule has 1 amide bonds. The summed E-state index contributed by atoms with van der Waals surface area (Å²) in [6.07, 6.45) is 2.43. The van der Waals surface area contributed by atoms with Crippen LogP contribution in [0.3, 0.4) is 0 Å². The van der Waals surface area contributed by atoms with E-state index in [1.165, 1.54) is 0 Å². The number of nitrogens with one attached hydrogen (secondary N) is 1. The number of hydrogen-bond acceptors (Lipinski definition) is 6. The van der Waals surface area contributed by atoms with Crippen molar-refractivity contribution in [2.45, 2.75) is 38.8 Å². The summed E-state index contributed by atoms with van der Waals surface area (Å²) in [6, 6.07) is 7.87. The summed E-state index contributed by atoms with van der Waals surface area (Å²) in [7, 11) is 1.63. The van der Waals surface area contributed by atoms with Crippen LogP contribution in [0.5, 0.6) is 5.75 Å². The van der Waals surface area contributed by atoms with Crippen molar-refractivity contribution in [2.75, 3.05) is 20.2 Å². The van der Waals surface area contributed by atoms with Crippen molar-refractivity contribution in [3.8, 4) is 17.1 Å². The Labute approximate surface area is 147 Å². The minimum absolute atomic E-state index is 0.123. The van der Waals surface area contributed by atoms with E-state index in [0.29, 0.717) is 24.7 Å². The van der Waals surface area contributed by atoms with Gasteiger partial charge in [0.15, 0.2) is 0 Å². The summed E-state index contributed by atoms with van der Waals surface area (Å²) >= 11 is 0. The molecule has 0 atom stereocenters. The topological polar surface area (TPSA) is 80.5 Å². The second kappa shape index (κ2) is 8.11. The number of aromatic nitrogens is 2. The first-order chi connectivity index (χ1) is 12.2. The maximum absolute atomic E-state index is 11.5. The number of carbonyl (C=O) groups excluding carboxylic acids is 1. The molecule has 1 aliphatic heterocycles. The van der Waals surface area contributed by atoms with Gasteiger partial charge in [0.2, 0.25) is 17.6 Å². The summed E-state index contributed by atoms with van der Waals surface area (Å²) in [5, 5.41) is 7.13. The number of ether oxygens (including phenoxy) is 1. The van der Waals surface area contributed by atoms with Crippen molar-refractivity contribution < 1.29 is 14.1 Å². The highest BCUT2D eigenvalue weighted by Crippen LogP contribution is 2.22. The van der Waals surface area contributed by atoms with Crippen LogP contribution in [0.15, 0.2) is 28.8 Å². The molecule has 25 heavy (non-hydrogen) atoms. The molecule has 0 bridgehead atoms. The zero-order chi connectivity index (χ0) is 17.6. The number of hydrogen-bond donors (Lipinski definition) is 1. The smallest absolute Gasteiger partial charge is 0.241 e. The van der Waals surface area contributed by atoms with E-state index >= 15 is 0 Å². The number of rotatable bonds is 6. The Morgan fingerprint density at radius 3 is 2.92 bits per heavy atom. The van der Waals surface area contributed by atoms with E-state index in [0.717, 1.165) is 37.2 Å². The van der Waals surface area contributed by atoms with Gasteiger partial charge in [-0.1, -0.05) is 24.2 Å². The molecular weight excluding hydrogens is 320 g/mol. The molecule has 0 saturated carbocycles. The van der Waals surface area contributed by atoms with Crippen molar-refractivity contribution in [1.29, 1.82) is 0 Å². The molecule has 1 saturated heterocycles. The Kier molecular flexibility index (Phi) is 5.65. The lowest BCUT2D eigenvalue weighted by molar-refractivity contribution is -0.121. The summed E-state index contributed by atoms with van der Waals surface area (Å²) < 4.78 is 10.6. The molecule has 2 aromatic rings. The van der Waals surface area contributed by atoms with Gasteiger partial charge >= 0.3 is 0 Å². The van der Waals surface area contributed by atoms with Crippen molar-refractivity contribution in [2.24, 2.45) is 0 Å². The monoisotopic (exact) mass is 344 g/mol. The first-order valence-corrected chi connectivity index (χ1v) is 8.66. The summed E-state index contributed by atoms with van der Waals surface area (Å²) in [5.74, 6) is 2.06. The third kappa shape index (κ3) is 4.57. The Bertz CT molecular complexity index is 708. The molecule has 2 heterocycles. The molecule has 1 aliphatic rings. The molecule has 134 valence electrons. The second-order valence-corrected chi connectivity index (χ2v) is 6.22. The molecule has 0 radical (unpaired) electrons. The number of likely N-dealkylation sites (tertiary alicyclic amines) is 1. The number of methoxy groups -OCH3 is 1. The average Bonchev–Trinajstić information content (AvgIpc) is 3.12. The largest absolute Gasteiger partial charge is 0.497 e. The van der Waals surface area contributed by atoms with Gasteiger partial charge in [-0.05, 0) is 25.0 Å². The van der Waals surface area contributed by atoms with Crippen LogP contribution in [-0.2, 0) is 11.3 Å². The van der Waals surface area contributed by atoms with Crippen LogP contribution in [0.1, 0.15) is 32.1 Å². The van der Waals surface area contributed by atoms with Crippen molar-refractivity contribution >= 4 is 5.91 Å². The van der Waals surface area contributed by atoms with E-state index in [-0.39, 0.29) is 11.9 Å². The van der Waals surface area contributed by atoms with E-state index < -0.39 is 0 Å². The summed E-state index contributed by atoms with van der Waals surface area (Å²) in [4.78, 5) is 18.2. The standard InChI is InChI=1S/C18H24N4O3/c1-3-16(23)19-14-7-9-22(10-8-14)12-17-20-18(21-25-17)13-5-4-6-15(11-13)24-2/h4-6,11,14H,3,7-10,12H2,1-2H3,(H,19,23). The fourth-order valence-electron chi connectivity index (χ4n) is 2.95. The molecule has 1 fully saturated rings. The normalized spacial score (nSPS) is 15.9. The van der Waals surface area contributed by atoms with Crippen LogP contribution in [0.2, 0.25) is 0 Å². The number of nitrogens with zero attached hydrogens (tertiary/aromatic N) is 3. The third-order valence-corrected chi connectivity index (χ3v) is 4.43. The van der Waals surface area contributed by atoms with Crippen LogP contribution in [0, 0.1) is 0 Å². The lowest BCUT2D eigenvalue weighted by Gasteiger charge is -2.31. The Hall–Kier alpha value is -2.41. The molecule has 1 aromatic carbocycles. The third-order valence-electron chi connectivity index (χ3n) is 4.43. The fraction of sp³-hybridized carbons (Fsp3) is 0.500. The zero-order valence-electron chi connectivity index (χ0n) is 14.7. The van der Waals surface area contributed by atoms with Gasteiger partial charge in [-0.15, -0.1) is 0 Å². The van der Waals surface area contributed by atoms with Crippen molar-refractivity contribution in [3.63, 3.8) is 0 Å². The Morgan fingerprint density at radius 1 is 1.40 bits per heavy atom. The Morgan fingerprint density at radius 2 is 2.20 bits per heavy atom. The van der Waals surface area contributed by atoms with Gasteiger partial charge < -0.3 is 14.6 Å². The molecular formula is C18H24N4O3. The van der Waals surface area contributed by atoms with E-state index in [1.54, 1.807) is 7.11 Å². The van der Waals surface area contributed by atoms with Crippen LogP contribution >= 0.6 is 0 Å². The van der Waals surface area contributed by atoms with Crippen molar-refractivity contribution in [1.82, 2.24) is 20.4 Å². The van der Waals surface area contributed by atoms with Gasteiger partial charge in [0.05, 0.1) is 13.7 Å². The van der Waals surface area contributed by atoms with E-state index in [4.69, 9.17) is 9.26 Å². The molecule has 0 unspecified atom stereocenters. The summed E-state index contributed by atoms with van der Waals surface area (Å²) in [6.45, 7) is 4.32. The van der Waals surface area contributed by atoms with Crippen LogP contribution in [0.25, 0.3) is 11.4 Å². The quantitative estimate of drug-likeness (QED) is 0.865. The lowest BCUT2D eigenvalue weighted by atomic mass is 10.0. The van der Waals surface area contributed by atoms with Crippen molar-refractivity contribution in [3.05, 3.63) is 30.2 Å². The SMILES string of the molecule is CCC(=O)NC1CCN(Cc2nc(-c3cccc(OC)c3)no2)CC1. The lowest BCUT2D eigenvalue weighted by Crippen LogP contribution is -2.44. The van der Waals surface area contributed by atoms with Gasteiger partial charge in [0.25, 0.3) is 0 Å². The Balaban J connectivity index is 1.55. The van der Waals surface area contributed by atoms with Gasteiger partial charge in [-0.2, -0.15) is 4.98 Å². The maximum Gasteiger partial charge on any atom is 0.241 e. The van der Waals surface area contributed by atoms with Crippen LogP contribution in [0.4, 0.5) is 0 Å². The minimum Gasteiger partial charge on any atom is -0.497 e. The molecule has 0 spiro atoms. The van der Waals surface area contributed by atoms with Crippen LogP contribution in [-0.4, -0.2) is 47.2 Å². The minimum atomic E-state index is 0.123. The first kappa shape index (κ1) is 17.4. The number of piperidine rings is 1. The number of benzene rings is 1. The molecule has 7 nitrogen and oxygen atoms in total.